The van der Waals surface area contributed by atoms with E-state index >= 15 is 0 Å². The number of aliphatic carboxylic acids is 1. The molecule has 0 spiro atoms. The van der Waals surface area contributed by atoms with Crippen LogP contribution in [0.25, 0.3) is 0 Å². The summed E-state index contributed by atoms with van der Waals surface area (Å²) >= 11 is 4.65. The van der Waals surface area contributed by atoms with Crippen LogP contribution in [0.2, 0.25) is 0 Å². The van der Waals surface area contributed by atoms with E-state index in [4.69, 9.17) is 5.11 Å². The zero-order chi connectivity index (χ0) is 5.86. The molecule has 5 heteroatoms. The molecule has 8 heavy (non-hydrogen) atoms. The quantitative estimate of drug-likeness (QED) is 0.327. The molecule has 0 unspecified atom stereocenters. The van der Waals surface area contributed by atoms with Gasteiger partial charge in [0.25, 0.3) is 0 Å². The van der Waals surface area contributed by atoms with Crippen LogP contribution in [-0.4, -0.2) is 45.9 Å². The molecule has 3 nitrogen and oxygen atoms in total. The summed E-state index contributed by atoms with van der Waals surface area (Å²) in [6.45, 7) is 0. The number of carbonyl (C=O) groups excluding carboxylic acids is 1. The molecule has 0 bridgehead atoms. The van der Waals surface area contributed by atoms with Gasteiger partial charge in [0.1, 0.15) is 6.42 Å². The summed E-state index contributed by atoms with van der Waals surface area (Å²) in [5, 5.41) is 6.94. The van der Waals surface area contributed by atoms with E-state index in [-0.39, 0.29) is 29.6 Å². The van der Waals surface area contributed by atoms with Gasteiger partial charge in [-0.2, -0.15) is 0 Å². The van der Waals surface area contributed by atoms with E-state index in [9.17, 15) is 9.59 Å². The molecule has 0 aromatic carbocycles. The Balaban J connectivity index is 0. The van der Waals surface area contributed by atoms with E-state index < -0.39 is 17.6 Å². The van der Waals surface area contributed by atoms with Crippen molar-refractivity contribution in [3.05, 3.63) is 0 Å². The summed E-state index contributed by atoms with van der Waals surface area (Å²) in [6.07, 6.45) is -0.596. The third kappa shape index (κ3) is 9.66. The number of halogens is 1. The van der Waals surface area contributed by atoms with E-state index in [2.05, 4.69) is 11.6 Å². The maximum atomic E-state index is 9.64. The molecule has 0 aromatic heterocycles. The first-order valence-electron chi connectivity index (χ1n) is 1.53. The van der Waals surface area contributed by atoms with Gasteiger partial charge in [-0.3, -0.25) is 9.59 Å². The van der Waals surface area contributed by atoms with Crippen molar-refractivity contribution in [1.82, 2.24) is 0 Å². The third-order valence-electron chi connectivity index (χ3n) is 0.290. The minimum atomic E-state index is -1.19. The summed E-state index contributed by atoms with van der Waals surface area (Å²) in [7, 11) is 0. The normalized spacial score (nSPS) is 7.12. The number of carboxylic acids is 1. The van der Waals surface area contributed by atoms with E-state index in [1.165, 1.54) is 0 Å². The number of carboxylic acid groups (broad SMARTS) is 1. The van der Waals surface area contributed by atoms with Crippen LogP contribution in [0.4, 0.5) is 0 Å². The first-order chi connectivity index (χ1) is 3.13. The molecular weight excluding hydrogens is 142 g/mol. The Morgan fingerprint density at radius 2 is 1.88 bits per heavy atom. The van der Waals surface area contributed by atoms with Gasteiger partial charge in [-0.25, -0.2) is 0 Å². The Morgan fingerprint density at radius 1 is 1.50 bits per heavy atom. The molecule has 0 heterocycles. The summed E-state index contributed by atoms with van der Waals surface area (Å²) in [4.78, 5) is 19.1. The predicted octanol–water partition coefficient (Wildman–Crippen LogP) is -0.422. The van der Waals surface area contributed by atoms with Crippen molar-refractivity contribution in [2.75, 3.05) is 0 Å². The van der Waals surface area contributed by atoms with E-state index in [1.54, 1.807) is 0 Å². The molecule has 0 aliphatic heterocycles. The second-order valence-electron chi connectivity index (χ2n) is 0.926. The van der Waals surface area contributed by atoms with E-state index in [1.807, 2.05) is 0 Å². The predicted molar refractivity (Wildman–Crippen MR) is 30.3 cm³/mol. The molecule has 0 amide bonds. The monoisotopic (exact) mass is 146 g/mol. The topological polar surface area (TPSA) is 54.4 Å². The molecule has 0 fully saturated rings. The van der Waals surface area contributed by atoms with Crippen molar-refractivity contribution in [3.8, 4) is 0 Å². The molecule has 1 N–H and O–H groups in total. The van der Waals surface area contributed by atoms with E-state index in [0.29, 0.717) is 0 Å². The van der Waals surface area contributed by atoms with Crippen LogP contribution in [-0.2, 0) is 9.59 Å². The van der Waals surface area contributed by atoms with Gasteiger partial charge >= 0.3 is 35.5 Å². The van der Waals surface area contributed by atoms with Gasteiger partial charge in [-0.15, -0.1) is 0 Å². The molecule has 0 radical (unpaired) electrons. The van der Waals surface area contributed by atoms with Crippen LogP contribution >= 0.6 is 11.6 Å². The van der Waals surface area contributed by atoms with Crippen LogP contribution in [0.5, 0.6) is 0 Å². The van der Waals surface area contributed by atoms with Gasteiger partial charge in [-0.05, 0) is 11.6 Å². The second-order valence-corrected chi connectivity index (χ2v) is 1.35. The average Bonchev–Trinajstić information content (AvgIpc) is 1.27. The molecule has 0 saturated heterocycles. The van der Waals surface area contributed by atoms with Crippen LogP contribution in [0.1, 0.15) is 6.42 Å². The van der Waals surface area contributed by atoms with Gasteiger partial charge < -0.3 is 5.11 Å². The van der Waals surface area contributed by atoms with Crippen molar-refractivity contribution >= 4 is 52.4 Å². The molecule has 42 valence electrons. The fourth-order valence-corrected chi connectivity index (χ4v) is 0.233. The number of rotatable bonds is 2. The number of carbonyl (C=O) groups is 2. The zero-order valence-electron chi connectivity index (χ0n) is 3.35. The Labute approximate surface area is 73.3 Å². The van der Waals surface area contributed by atoms with Gasteiger partial charge in [0, 0.05) is 0 Å². The SMILES string of the molecule is O=C(O)CC(=O)Cl.[NaH]. The van der Waals surface area contributed by atoms with Gasteiger partial charge in [0.15, 0.2) is 0 Å². The van der Waals surface area contributed by atoms with Crippen LogP contribution in [0, 0.1) is 0 Å². The first-order valence-corrected chi connectivity index (χ1v) is 1.91. The first kappa shape index (κ1) is 11.3. The van der Waals surface area contributed by atoms with Crippen molar-refractivity contribution in [2.45, 2.75) is 6.42 Å². The summed E-state index contributed by atoms with van der Waals surface area (Å²) in [5.74, 6) is -1.19. The molecular formula is C3H4ClNaO3. The fourth-order valence-electron chi connectivity index (χ4n) is 0.119. The van der Waals surface area contributed by atoms with Gasteiger partial charge in [0.2, 0.25) is 5.24 Å². The number of hydrogen-bond acceptors (Lipinski definition) is 2. The van der Waals surface area contributed by atoms with Crippen molar-refractivity contribution in [1.29, 1.82) is 0 Å². The van der Waals surface area contributed by atoms with Crippen LogP contribution in [0.3, 0.4) is 0 Å². The summed E-state index contributed by atoms with van der Waals surface area (Å²) < 4.78 is 0. The Kier molecular flexibility index (Phi) is 7.83. The Hall–Kier alpha value is 0.430. The van der Waals surface area contributed by atoms with Crippen molar-refractivity contribution in [3.63, 3.8) is 0 Å². The fraction of sp³-hybridized carbons (Fsp3) is 0.333. The standard InChI is InChI=1S/C3H3ClO3.Na.H/c4-2(5)1-3(6)7;;/h1H2,(H,6,7);;. The Bertz CT molecular complexity index is 90.7. The third-order valence-corrected chi connectivity index (χ3v) is 0.424. The summed E-state index contributed by atoms with van der Waals surface area (Å²) in [5.41, 5.74) is 0. The Morgan fingerprint density at radius 3 is 1.88 bits per heavy atom. The van der Waals surface area contributed by atoms with Crippen molar-refractivity contribution in [2.24, 2.45) is 0 Å². The number of hydrogen-bond donors (Lipinski definition) is 1. The maximum absolute atomic E-state index is 9.64. The molecule has 0 aliphatic carbocycles. The minimum absolute atomic E-state index is 0. The van der Waals surface area contributed by atoms with Crippen molar-refractivity contribution < 1.29 is 14.7 Å². The van der Waals surface area contributed by atoms with Gasteiger partial charge in [-0.1, -0.05) is 0 Å². The molecule has 0 rings (SSSR count). The molecule has 0 atom stereocenters. The van der Waals surface area contributed by atoms with Crippen LogP contribution < -0.4 is 0 Å². The van der Waals surface area contributed by atoms with E-state index in [0.717, 1.165) is 0 Å². The zero-order valence-corrected chi connectivity index (χ0v) is 4.10. The van der Waals surface area contributed by atoms with Crippen LogP contribution in [0.15, 0.2) is 0 Å². The molecule has 0 aromatic rings. The average molecular weight is 147 g/mol. The second kappa shape index (κ2) is 5.56. The molecule has 0 aliphatic rings. The molecule has 0 saturated carbocycles. The summed E-state index contributed by atoms with van der Waals surface area (Å²) in [6, 6.07) is 0. The van der Waals surface area contributed by atoms with Gasteiger partial charge in [0.05, 0.1) is 0 Å².